The number of hydrogen-bond donors (Lipinski definition) is 1. The molecule has 0 spiro atoms. The summed E-state index contributed by atoms with van der Waals surface area (Å²) in [6.07, 6.45) is 1.79. The van der Waals surface area contributed by atoms with E-state index in [1.807, 2.05) is 37.3 Å². The first-order chi connectivity index (χ1) is 12.7. The van der Waals surface area contributed by atoms with Gasteiger partial charge in [0.2, 0.25) is 0 Å². The Morgan fingerprint density at radius 2 is 1.81 bits per heavy atom. The van der Waals surface area contributed by atoms with Gasteiger partial charge >= 0.3 is 0 Å². The van der Waals surface area contributed by atoms with Gasteiger partial charge in [-0.25, -0.2) is 4.98 Å². The molecule has 0 saturated carbocycles. The number of nitrogens with one attached hydrogen (secondary N) is 1. The van der Waals surface area contributed by atoms with Crippen LogP contribution in [0.15, 0.2) is 42.6 Å². The van der Waals surface area contributed by atoms with Gasteiger partial charge in [-0.15, -0.1) is 0 Å². The molecule has 138 valence electrons. The molecular formula is C20H26N4O2. The fourth-order valence-electron chi connectivity index (χ4n) is 3.03. The fraction of sp³-hybridized carbons (Fsp3) is 0.400. The van der Waals surface area contributed by atoms with Gasteiger partial charge in [0.05, 0.1) is 18.5 Å². The molecule has 1 saturated heterocycles. The summed E-state index contributed by atoms with van der Waals surface area (Å²) in [5.41, 5.74) is 2.20. The Bertz CT molecular complexity index is 708. The van der Waals surface area contributed by atoms with Crippen molar-refractivity contribution in [3.63, 3.8) is 0 Å². The van der Waals surface area contributed by atoms with Gasteiger partial charge in [0.25, 0.3) is 5.91 Å². The molecule has 1 aliphatic rings. The number of benzene rings is 1. The van der Waals surface area contributed by atoms with Crippen molar-refractivity contribution >= 4 is 17.3 Å². The van der Waals surface area contributed by atoms with Crippen LogP contribution in [0, 0.1) is 0 Å². The van der Waals surface area contributed by atoms with Crippen molar-refractivity contribution in [3.05, 3.63) is 48.3 Å². The molecule has 0 unspecified atom stereocenters. The molecule has 26 heavy (non-hydrogen) atoms. The van der Waals surface area contributed by atoms with Gasteiger partial charge in [0.15, 0.2) is 0 Å². The van der Waals surface area contributed by atoms with Gasteiger partial charge in [0.1, 0.15) is 11.4 Å². The number of anilines is 2. The third-order valence-electron chi connectivity index (χ3n) is 4.59. The molecule has 0 bridgehead atoms. The summed E-state index contributed by atoms with van der Waals surface area (Å²) in [5, 5.41) is 2.86. The number of likely N-dealkylation sites (N-methyl/N-ethyl adjacent to an activating group) is 1. The molecule has 6 heteroatoms. The third kappa shape index (κ3) is 4.52. The second-order valence-electron chi connectivity index (χ2n) is 6.23. The minimum Gasteiger partial charge on any atom is -0.494 e. The number of piperazine rings is 1. The lowest BCUT2D eigenvalue weighted by Gasteiger charge is -2.35. The Kier molecular flexibility index (Phi) is 6.07. The van der Waals surface area contributed by atoms with E-state index in [0.29, 0.717) is 12.3 Å². The van der Waals surface area contributed by atoms with E-state index in [0.717, 1.165) is 49.8 Å². The first-order valence-electron chi connectivity index (χ1n) is 9.17. The summed E-state index contributed by atoms with van der Waals surface area (Å²) >= 11 is 0. The predicted molar refractivity (Wildman–Crippen MR) is 104 cm³/mol. The number of nitrogens with zero attached hydrogens (tertiary/aromatic N) is 3. The van der Waals surface area contributed by atoms with Crippen LogP contribution in [0.3, 0.4) is 0 Å². The van der Waals surface area contributed by atoms with Gasteiger partial charge in [-0.1, -0.05) is 6.92 Å². The summed E-state index contributed by atoms with van der Waals surface area (Å²) in [5.74, 6) is 0.577. The maximum Gasteiger partial charge on any atom is 0.274 e. The van der Waals surface area contributed by atoms with Crippen LogP contribution in [-0.4, -0.2) is 55.1 Å². The van der Waals surface area contributed by atoms with Crippen molar-refractivity contribution in [1.29, 1.82) is 0 Å². The van der Waals surface area contributed by atoms with Gasteiger partial charge in [0, 0.05) is 31.9 Å². The average molecular weight is 354 g/mol. The Hall–Kier alpha value is -2.60. The second-order valence-corrected chi connectivity index (χ2v) is 6.23. The molecule has 2 heterocycles. The van der Waals surface area contributed by atoms with E-state index in [-0.39, 0.29) is 5.91 Å². The summed E-state index contributed by atoms with van der Waals surface area (Å²) in [6, 6.07) is 11.1. The molecule has 3 rings (SSSR count). The van der Waals surface area contributed by atoms with Crippen LogP contribution in [0.1, 0.15) is 24.3 Å². The number of amides is 1. The van der Waals surface area contributed by atoms with Crippen LogP contribution in [0.5, 0.6) is 5.75 Å². The van der Waals surface area contributed by atoms with Crippen molar-refractivity contribution in [2.45, 2.75) is 13.8 Å². The molecule has 2 aromatic rings. The van der Waals surface area contributed by atoms with E-state index in [4.69, 9.17) is 4.74 Å². The number of carbonyl (C=O) groups excluding carboxylic acids is 1. The van der Waals surface area contributed by atoms with Gasteiger partial charge in [-0.3, -0.25) is 4.79 Å². The van der Waals surface area contributed by atoms with Gasteiger partial charge in [-0.2, -0.15) is 0 Å². The normalized spacial score (nSPS) is 14.9. The Morgan fingerprint density at radius 1 is 1.08 bits per heavy atom. The highest BCUT2D eigenvalue weighted by atomic mass is 16.5. The van der Waals surface area contributed by atoms with Gasteiger partial charge < -0.3 is 19.9 Å². The van der Waals surface area contributed by atoms with Crippen molar-refractivity contribution in [2.75, 3.05) is 49.5 Å². The zero-order valence-electron chi connectivity index (χ0n) is 15.4. The SMILES string of the molecule is CCOc1ccc(NC(=O)c2ccc(N3CCN(CC)CC3)cn2)cc1. The number of ether oxygens (including phenoxy) is 1. The smallest absolute Gasteiger partial charge is 0.274 e. The highest BCUT2D eigenvalue weighted by molar-refractivity contribution is 6.02. The topological polar surface area (TPSA) is 57.7 Å². The maximum atomic E-state index is 12.4. The number of pyridine rings is 1. The van der Waals surface area contributed by atoms with E-state index < -0.39 is 0 Å². The molecule has 0 aliphatic carbocycles. The molecule has 6 nitrogen and oxygen atoms in total. The zero-order chi connectivity index (χ0) is 18.4. The maximum absolute atomic E-state index is 12.4. The van der Waals surface area contributed by atoms with E-state index >= 15 is 0 Å². The summed E-state index contributed by atoms with van der Waals surface area (Å²) < 4.78 is 5.40. The first kappa shape index (κ1) is 18.2. The van der Waals surface area contributed by atoms with Crippen molar-refractivity contribution < 1.29 is 9.53 Å². The molecule has 0 atom stereocenters. The van der Waals surface area contributed by atoms with E-state index in [9.17, 15) is 4.79 Å². The predicted octanol–water partition coefficient (Wildman–Crippen LogP) is 2.87. The molecular weight excluding hydrogens is 328 g/mol. The van der Waals surface area contributed by atoms with E-state index in [1.165, 1.54) is 0 Å². The lowest BCUT2D eigenvalue weighted by atomic mass is 10.2. The first-order valence-corrected chi connectivity index (χ1v) is 9.17. The van der Waals surface area contributed by atoms with Crippen LogP contribution in [0.4, 0.5) is 11.4 Å². The third-order valence-corrected chi connectivity index (χ3v) is 4.59. The molecule has 1 aromatic heterocycles. The molecule has 1 N–H and O–H groups in total. The number of rotatable bonds is 6. The second kappa shape index (κ2) is 8.67. The molecule has 1 aromatic carbocycles. The molecule has 0 radical (unpaired) electrons. The number of carbonyl (C=O) groups is 1. The highest BCUT2D eigenvalue weighted by Crippen LogP contribution is 2.18. The minimum atomic E-state index is -0.212. The largest absolute Gasteiger partial charge is 0.494 e. The number of hydrogen-bond acceptors (Lipinski definition) is 5. The van der Waals surface area contributed by atoms with Crippen LogP contribution >= 0.6 is 0 Å². The standard InChI is InChI=1S/C20H26N4O2/c1-3-23-11-13-24(14-12-23)17-7-10-19(21-15-17)20(25)22-16-5-8-18(9-6-16)26-4-2/h5-10,15H,3-4,11-14H2,1-2H3,(H,22,25). The van der Waals surface area contributed by atoms with Crippen LogP contribution in [0.2, 0.25) is 0 Å². The summed E-state index contributed by atoms with van der Waals surface area (Å²) in [6.45, 7) is 9.96. The summed E-state index contributed by atoms with van der Waals surface area (Å²) in [7, 11) is 0. The van der Waals surface area contributed by atoms with Crippen LogP contribution < -0.4 is 15.0 Å². The monoisotopic (exact) mass is 354 g/mol. The minimum absolute atomic E-state index is 0.212. The van der Waals surface area contributed by atoms with Crippen molar-refractivity contribution in [1.82, 2.24) is 9.88 Å². The Morgan fingerprint density at radius 3 is 2.38 bits per heavy atom. The quantitative estimate of drug-likeness (QED) is 0.864. The Balaban J connectivity index is 1.58. The van der Waals surface area contributed by atoms with Crippen LogP contribution in [0.25, 0.3) is 0 Å². The Labute approximate surface area is 154 Å². The zero-order valence-corrected chi connectivity index (χ0v) is 15.4. The van der Waals surface area contributed by atoms with Crippen LogP contribution in [-0.2, 0) is 0 Å². The summed E-state index contributed by atoms with van der Waals surface area (Å²) in [4.78, 5) is 21.5. The average Bonchev–Trinajstić information content (AvgIpc) is 2.70. The van der Waals surface area contributed by atoms with Gasteiger partial charge in [-0.05, 0) is 49.9 Å². The van der Waals surface area contributed by atoms with Crippen molar-refractivity contribution in [2.24, 2.45) is 0 Å². The molecule has 1 aliphatic heterocycles. The van der Waals surface area contributed by atoms with E-state index in [2.05, 4.69) is 27.0 Å². The van der Waals surface area contributed by atoms with Crippen molar-refractivity contribution in [3.8, 4) is 5.75 Å². The fourth-order valence-corrected chi connectivity index (χ4v) is 3.03. The highest BCUT2D eigenvalue weighted by Gasteiger charge is 2.16. The lowest BCUT2D eigenvalue weighted by molar-refractivity contribution is 0.102. The molecule has 1 fully saturated rings. The van der Waals surface area contributed by atoms with E-state index in [1.54, 1.807) is 12.3 Å². The lowest BCUT2D eigenvalue weighted by Crippen LogP contribution is -2.46. The molecule has 1 amide bonds. The number of aromatic nitrogens is 1.